The van der Waals surface area contributed by atoms with Crippen molar-refractivity contribution in [2.75, 3.05) is 32.7 Å². The van der Waals surface area contributed by atoms with Crippen molar-refractivity contribution in [3.05, 3.63) is 29.8 Å². The number of phenolic OH excluding ortho intramolecular Hbond substituents is 1. The third-order valence-electron chi connectivity index (χ3n) is 6.48. The Morgan fingerprint density at radius 1 is 0.865 bits per heavy atom. The number of nitrogens with two attached hydrogens (primary N) is 1. The second kappa shape index (κ2) is 15.9. The molecule has 1 aromatic rings. The highest BCUT2D eigenvalue weighted by Crippen LogP contribution is 2.14. The second-order valence-electron chi connectivity index (χ2n) is 9.62. The lowest BCUT2D eigenvalue weighted by atomic mass is 10.0. The number of carbonyl (C=O) groups is 4. The summed E-state index contributed by atoms with van der Waals surface area (Å²) in [7, 11) is 0. The number of hydrogen-bond donors (Lipinski definition) is 4. The van der Waals surface area contributed by atoms with Gasteiger partial charge in [-0.25, -0.2) is 0 Å². The van der Waals surface area contributed by atoms with Crippen molar-refractivity contribution in [2.45, 2.75) is 77.3 Å². The number of nitrogens with zero attached hydrogens (tertiary/aromatic N) is 2. The van der Waals surface area contributed by atoms with Crippen LogP contribution in [0.1, 0.15) is 64.4 Å². The van der Waals surface area contributed by atoms with Crippen molar-refractivity contribution in [1.82, 2.24) is 20.4 Å². The zero-order valence-electron chi connectivity index (χ0n) is 22.2. The Kier molecular flexibility index (Phi) is 12.9. The molecule has 1 fully saturated rings. The standard InChI is InChI=1S/C27H43N5O5/c1-3-5-15-31-18-24(34)29-22(9-7-8-14-28)26(36)30-23(17-20-10-12-21(33)13-11-20)27(37)32(16-6-4-2)19-25(31)35/h10-13,22-23,33H,3-9,14-19,28H2,1-2H3,(H,29,34)(H,30,36)/t22-,23-/m0/s1. The molecule has 0 unspecified atom stereocenters. The number of carbonyl (C=O) groups excluding carboxylic acids is 4. The molecule has 10 heteroatoms. The summed E-state index contributed by atoms with van der Waals surface area (Å²) < 4.78 is 0. The molecule has 206 valence electrons. The summed E-state index contributed by atoms with van der Waals surface area (Å²) in [6.07, 6.45) is 5.00. The third kappa shape index (κ3) is 10.0. The number of hydrogen-bond acceptors (Lipinski definition) is 6. The number of benzene rings is 1. The highest BCUT2D eigenvalue weighted by atomic mass is 16.3. The molecule has 1 aliphatic heterocycles. The largest absolute Gasteiger partial charge is 0.508 e. The average Bonchev–Trinajstić information content (AvgIpc) is 2.88. The summed E-state index contributed by atoms with van der Waals surface area (Å²) in [5.74, 6) is -1.37. The molecule has 0 spiro atoms. The van der Waals surface area contributed by atoms with Gasteiger partial charge in [0.25, 0.3) is 0 Å². The number of nitrogens with one attached hydrogen (secondary N) is 2. The minimum Gasteiger partial charge on any atom is -0.508 e. The van der Waals surface area contributed by atoms with Crippen LogP contribution in [0.5, 0.6) is 5.75 Å². The Morgan fingerprint density at radius 2 is 1.51 bits per heavy atom. The predicted molar refractivity (Wildman–Crippen MR) is 142 cm³/mol. The molecule has 0 aliphatic carbocycles. The van der Waals surface area contributed by atoms with Crippen molar-refractivity contribution < 1.29 is 24.3 Å². The van der Waals surface area contributed by atoms with E-state index in [2.05, 4.69) is 10.6 Å². The predicted octanol–water partition coefficient (Wildman–Crippen LogP) is 1.30. The molecular formula is C27H43N5O5. The fourth-order valence-electron chi connectivity index (χ4n) is 4.26. The summed E-state index contributed by atoms with van der Waals surface area (Å²) in [5.41, 5.74) is 6.37. The molecule has 0 aromatic heterocycles. The zero-order chi connectivity index (χ0) is 27.2. The van der Waals surface area contributed by atoms with Gasteiger partial charge in [-0.15, -0.1) is 0 Å². The van der Waals surface area contributed by atoms with Crippen LogP contribution in [0.15, 0.2) is 24.3 Å². The van der Waals surface area contributed by atoms with Gasteiger partial charge in [0.2, 0.25) is 23.6 Å². The minimum atomic E-state index is -0.931. The van der Waals surface area contributed by atoms with Crippen molar-refractivity contribution in [3.63, 3.8) is 0 Å². The van der Waals surface area contributed by atoms with Gasteiger partial charge >= 0.3 is 0 Å². The first-order valence-electron chi connectivity index (χ1n) is 13.4. The van der Waals surface area contributed by atoms with Crippen LogP contribution in [0.25, 0.3) is 0 Å². The van der Waals surface area contributed by atoms with Gasteiger partial charge in [-0.3, -0.25) is 19.2 Å². The summed E-state index contributed by atoms with van der Waals surface area (Å²) in [6.45, 7) is 4.93. The van der Waals surface area contributed by atoms with Gasteiger partial charge in [0, 0.05) is 19.5 Å². The van der Waals surface area contributed by atoms with Crippen LogP contribution in [-0.2, 0) is 25.6 Å². The molecule has 0 radical (unpaired) electrons. The van der Waals surface area contributed by atoms with E-state index in [4.69, 9.17) is 5.73 Å². The molecule has 1 aromatic carbocycles. The monoisotopic (exact) mass is 517 g/mol. The Balaban J connectivity index is 2.42. The number of unbranched alkanes of at least 4 members (excludes halogenated alkanes) is 3. The van der Waals surface area contributed by atoms with Crippen LogP contribution < -0.4 is 16.4 Å². The molecule has 2 rings (SSSR count). The van der Waals surface area contributed by atoms with Crippen LogP contribution in [0.4, 0.5) is 0 Å². The summed E-state index contributed by atoms with van der Waals surface area (Å²) in [5, 5.41) is 15.3. The lowest BCUT2D eigenvalue weighted by Crippen LogP contribution is -2.58. The number of rotatable bonds is 12. The smallest absolute Gasteiger partial charge is 0.245 e. The fraction of sp³-hybridized carbons (Fsp3) is 0.630. The van der Waals surface area contributed by atoms with Gasteiger partial charge in [-0.2, -0.15) is 0 Å². The lowest BCUT2D eigenvalue weighted by molar-refractivity contribution is -0.145. The second-order valence-corrected chi connectivity index (χ2v) is 9.62. The van der Waals surface area contributed by atoms with E-state index in [1.165, 1.54) is 21.9 Å². The molecule has 10 nitrogen and oxygen atoms in total. The van der Waals surface area contributed by atoms with Crippen molar-refractivity contribution in [3.8, 4) is 5.75 Å². The minimum absolute atomic E-state index is 0.0998. The van der Waals surface area contributed by atoms with Crippen molar-refractivity contribution >= 4 is 23.6 Å². The molecule has 5 N–H and O–H groups in total. The summed E-state index contributed by atoms with van der Waals surface area (Å²) in [4.78, 5) is 56.3. The summed E-state index contributed by atoms with van der Waals surface area (Å²) in [6, 6.07) is 4.66. The van der Waals surface area contributed by atoms with E-state index in [1.807, 2.05) is 13.8 Å². The zero-order valence-corrected chi connectivity index (χ0v) is 22.2. The Labute approximate surface area is 219 Å². The highest BCUT2D eigenvalue weighted by Gasteiger charge is 2.33. The maximum absolute atomic E-state index is 13.8. The Bertz CT molecular complexity index is 892. The molecule has 2 atom stereocenters. The highest BCUT2D eigenvalue weighted by molar-refractivity contribution is 5.95. The van der Waals surface area contributed by atoms with E-state index in [9.17, 15) is 24.3 Å². The first-order chi connectivity index (χ1) is 17.8. The molecule has 0 bridgehead atoms. The first kappa shape index (κ1) is 30.1. The molecular weight excluding hydrogens is 474 g/mol. The van der Waals surface area contributed by atoms with Gasteiger partial charge in [-0.1, -0.05) is 38.8 Å². The lowest BCUT2D eigenvalue weighted by Gasteiger charge is -2.32. The van der Waals surface area contributed by atoms with E-state index >= 15 is 0 Å². The van der Waals surface area contributed by atoms with Gasteiger partial charge in [0.1, 0.15) is 17.8 Å². The van der Waals surface area contributed by atoms with Crippen LogP contribution in [0.3, 0.4) is 0 Å². The molecule has 4 amide bonds. The van der Waals surface area contributed by atoms with Gasteiger partial charge in [0.05, 0.1) is 13.1 Å². The van der Waals surface area contributed by atoms with Crippen LogP contribution in [-0.4, -0.2) is 83.3 Å². The van der Waals surface area contributed by atoms with E-state index in [-0.39, 0.29) is 37.1 Å². The van der Waals surface area contributed by atoms with Gasteiger partial charge < -0.3 is 31.3 Å². The molecule has 1 heterocycles. The van der Waals surface area contributed by atoms with Crippen molar-refractivity contribution in [2.24, 2.45) is 5.73 Å². The SMILES string of the molecule is CCCCN1CC(=O)N[C@@H](CCCCN)C(=O)N[C@@H](Cc2ccc(O)cc2)C(=O)N(CCCC)CC1=O. The molecule has 1 saturated heterocycles. The normalized spacial score (nSPS) is 19.8. The van der Waals surface area contributed by atoms with Gasteiger partial charge in [-0.05, 0) is 56.3 Å². The maximum Gasteiger partial charge on any atom is 0.245 e. The Morgan fingerprint density at radius 3 is 2.14 bits per heavy atom. The summed E-state index contributed by atoms with van der Waals surface area (Å²) >= 11 is 0. The topological polar surface area (TPSA) is 145 Å². The molecule has 1 aliphatic rings. The first-order valence-corrected chi connectivity index (χ1v) is 13.4. The van der Waals surface area contributed by atoms with Crippen molar-refractivity contribution in [1.29, 1.82) is 0 Å². The fourth-order valence-corrected chi connectivity index (χ4v) is 4.26. The molecule has 37 heavy (non-hydrogen) atoms. The van der Waals surface area contributed by atoms with Crippen LogP contribution in [0.2, 0.25) is 0 Å². The number of phenols is 1. The van der Waals surface area contributed by atoms with Crippen LogP contribution >= 0.6 is 0 Å². The quantitative estimate of drug-likeness (QED) is 0.308. The van der Waals surface area contributed by atoms with E-state index < -0.39 is 23.9 Å². The maximum atomic E-state index is 13.8. The van der Waals surface area contributed by atoms with Gasteiger partial charge in [0.15, 0.2) is 0 Å². The Hall–Kier alpha value is -3.14. The average molecular weight is 518 g/mol. The number of aromatic hydroxyl groups is 1. The molecule has 0 saturated carbocycles. The number of amides is 4. The van der Waals surface area contributed by atoms with Crippen LogP contribution in [0, 0.1) is 0 Å². The van der Waals surface area contributed by atoms with E-state index in [0.717, 1.165) is 24.8 Å². The van der Waals surface area contributed by atoms with E-state index in [1.54, 1.807) is 12.1 Å². The third-order valence-corrected chi connectivity index (χ3v) is 6.48. The van der Waals surface area contributed by atoms with E-state index in [0.29, 0.717) is 45.3 Å².